The van der Waals surface area contributed by atoms with E-state index in [1.54, 1.807) is 12.1 Å². The van der Waals surface area contributed by atoms with Gasteiger partial charge in [-0.2, -0.15) is 0 Å². The SMILES string of the molecule is O=C(c1ccc(N2CCC(/C(=N/O)c3ccc(F)cc3F)CC2)cc1F)C1CCNCC1. The number of hydrogen-bond acceptors (Lipinski definition) is 5. The highest BCUT2D eigenvalue weighted by Gasteiger charge is 2.28. The fourth-order valence-corrected chi connectivity index (χ4v) is 4.67. The van der Waals surface area contributed by atoms with Gasteiger partial charge in [0.2, 0.25) is 0 Å². The van der Waals surface area contributed by atoms with Crippen molar-refractivity contribution < 1.29 is 23.2 Å². The van der Waals surface area contributed by atoms with E-state index in [9.17, 15) is 23.2 Å². The Morgan fingerprint density at radius 3 is 2.19 bits per heavy atom. The van der Waals surface area contributed by atoms with Gasteiger partial charge in [-0.15, -0.1) is 0 Å². The normalized spacial score (nSPS) is 18.7. The van der Waals surface area contributed by atoms with Crippen LogP contribution in [0.15, 0.2) is 41.6 Å². The molecule has 0 amide bonds. The van der Waals surface area contributed by atoms with E-state index in [4.69, 9.17) is 0 Å². The largest absolute Gasteiger partial charge is 0.411 e. The zero-order chi connectivity index (χ0) is 22.7. The van der Waals surface area contributed by atoms with Crippen LogP contribution >= 0.6 is 0 Å². The molecule has 4 rings (SSSR count). The molecule has 0 unspecified atom stereocenters. The number of anilines is 1. The van der Waals surface area contributed by atoms with Crippen molar-refractivity contribution in [2.45, 2.75) is 25.7 Å². The van der Waals surface area contributed by atoms with E-state index in [0.717, 1.165) is 38.1 Å². The molecule has 0 spiro atoms. The summed E-state index contributed by atoms with van der Waals surface area (Å²) in [6.07, 6.45) is 2.56. The van der Waals surface area contributed by atoms with Crippen LogP contribution in [0, 0.1) is 29.3 Å². The molecule has 0 bridgehead atoms. The number of carbonyl (C=O) groups excluding carboxylic acids is 1. The van der Waals surface area contributed by atoms with Gasteiger partial charge in [-0.3, -0.25) is 4.79 Å². The number of benzene rings is 2. The van der Waals surface area contributed by atoms with Crippen molar-refractivity contribution in [3.05, 3.63) is 65.0 Å². The molecule has 5 nitrogen and oxygen atoms in total. The summed E-state index contributed by atoms with van der Waals surface area (Å²) >= 11 is 0. The summed E-state index contributed by atoms with van der Waals surface area (Å²) in [4.78, 5) is 14.7. The maximum atomic E-state index is 14.8. The second-order valence-corrected chi connectivity index (χ2v) is 8.42. The van der Waals surface area contributed by atoms with E-state index in [2.05, 4.69) is 10.5 Å². The van der Waals surface area contributed by atoms with Gasteiger partial charge in [0, 0.05) is 42.2 Å². The van der Waals surface area contributed by atoms with Crippen LogP contribution in [0.3, 0.4) is 0 Å². The number of ketones is 1. The Balaban J connectivity index is 1.42. The number of halogens is 3. The molecule has 32 heavy (non-hydrogen) atoms. The second-order valence-electron chi connectivity index (χ2n) is 8.42. The summed E-state index contributed by atoms with van der Waals surface area (Å²) in [5, 5.41) is 16.0. The van der Waals surface area contributed by atoms with Crippen molar-refractivity contribution in [3.63, 3.8) is 0 Å². The van der Waals surface area contributed by atoms with Crippen LogP contribution in [0.4, 0.5) is 18.9 Å². The number of carbonyl (C=O) groups is 1. The van der Waals surface area contributed by atoms with Crippen molar-refractivity contribution >= 4 is 17.2 Å². The lowest BCUT2D eigenvalue weighted by molar-refractivity contribution is 0.0891. The van der Waals surface area contributed by atoms with Gasteiger partial charge in [-0.25, -0.2) is 13.2 Å². The maximum Gasteiger partial charge on any atom is 0.168 e. The lowest BCUT2D eigenvalue weighted by Crippen LogP contribution is -2.37. The minimum atomic E-state index is -0.767. The molecule has 0 atom stereocenters. The Bertz CT molecular complexity index is 1010. The number of nitrogens with zero attached hydrogens (tertiary/aromatic N) is 2. The zero-order valence-electron chi connectivity index (χ0n) is 17.7. The second kappa shape index (κ2) is 9.73. The number of hydrogen-bond donors (Lipinski definition) is 2. The minimum absolute atomic E-state index is 0.0826. The molecule has 0 radical (unpaired) electrons. The van der Waals surface area contributed by atoms with Crippen LogP contribution in [-0.2, 0) is 0 Å². The molecule has 170 valence electrons. The Hall–Kier alpha value is -2.87. The number of rotatable bonds is 5. The van der Waals surface area contributed by atoms with E-state index in [-0.39, 0.29) is 34.5 Å². The van der Waals surface area contributed by atoms with Crippen molar-refractivity contribution in [2.24, 2.45) is 17.0 Å². The van der Waals surface area contributed by atoms with E-state index in [1.165, 1.54) is 12.1 Å². The van der Waals surface area contributed by atoms with Crippen molar-refractivity contribution in [3.8, 4) is 0 Å². The first-order valence-corrected chi connectivity index (χ1v) is 10.9. The van der Waals surface area contributed by atoms with Crippen LogP contribution in [0.1, 0.15) is 41.6 Å². The van der Waals surface area contributed by atoms with Crippen LogP contribution < -0.4 is 10.2 Å². The van der Waals surface area contributed by atoms with Gasteiger partial charge in [0.15, 0.2) is 5.78 Å². The fraction of sp³-hybridized carbons (Fsp3) is 0.417. The molecule has 0 aliphatic carbocycles. The van der Waals surface area contributed by atoms with E-state index >= 15 is 0 Å². The van der Waals surface area contributed by atoms with Crippen LogP contribution in [0.2, 0.25) is 0 Å². The minimum Gasteiger partial charge on any atom is -0.411 e. The van der Waals surface area contributed by atoms with Crippen LogP contribution in [-0.4, -0.2) is 42.9 Å². The van der Waals surface area contributed by atoms with Gasteiger partial charge >= 0.3 is 0 Å². The van der Waals surface area contributed by atoms with Crippen molar-refractivity contribution in [1.82, 2.24) is 5.32 Å². The average Bonchev–Trinajstić information content (AvgIpc) is 2.81. The molecule has 0 saturated carbocycles. The highest BCUT2D eigenvalue weighted by atomic mass is 19.1. The predicted molar refractivity (Wildman–Crippen MR) is 116 cm³/mol. The third-order valence-electron chi connectivity index (χ3n) is 6.49. The van der Waals surface area contributed by atoms with E-state index in [1.807, 2.05) is 4.90 Å². The molecular weight excluding hydrogens is 419 g/mol. The highest BCUT2D eigenvalue weighted by Crippen LogP contribution is 2.29. The van der Waals surface area contributed by atoms with Gasteiger partial charge in [0.05, 0.1) is 11.3 Å². The van der Waals surface area contributed by atoms with Gasteiger partial charge in [0.1, 0.15) is 17.5 Å². The highest BCUT2D eigenvalue weighted by molar-refractivity contribution is 6.02. The number of Topliss-reactive ketones (excluding diaryl/α,β-unsaturated/α-hetero) is 1. The fourth-order valence-electron chi connectivity index (χ4n) is 4.67. The van der Waals surface area contributed by atoms with Gasteiger partial charge < -0.3 is 15.4 Å². The number of nitrogens with one attached hydrogen (secondary N) is 1. The van der Waals surface area contributed by atoms with Crippen molar-refractivity contribution in [2.75, 3.05) is 31.1 Å². The maximum absolute atomic E-state index is 14.8. The zero-order valence-corrected chi connectivity index (χ0v) is 17.7. The molecule has 2 heterocycles. The quantitative estimate of drug-likeness (QED) is 0.310. The lowest BCUT2D eigenvalue weighted by Gasteiger charge is -2.34. The van der Waals surface area contributed by atoms with Gasteiger partial charge in [-0.1, -0.05) is 5.16 Å². The summed E-state index contributed by atoms with van der Waals surface area (Å²) in [6, 6.07) is 7.90. The Morgan fingerprint density at radius 2 is 1.56 bits per heavy atom. The third kappa shape index (κ3) is 4.65. The lowest BCUT2D eigenvalue weighted by atomic mass is 9.87. The predicted octanol–water partition coefficient (Wildman–Crippen LogP) is 4.38. The molecule has 0 aromatic heterocycles. The first kappa shape index (κ1) is 22.3. The molecule has 2 saturated heterocycles. The number of oxime groups is 1. The topological polar surface area (TPSA) is 64.9 Å². The summed E-state index contributed by atoms with van der Waals surface area (Å²) in [5.41, 5.74) is 1.09. The molecule has 2 aliphatic heterocycles. The molecule has 2 aliphatic rings. The molecular formula is C24H26F3N3O2. The Kier molecular flexibility index (Phi) is 6.79. The molecule has 2 fully saturated rings. The van der Waals surface area contributed by atoms with Crippen LogP contribution in [0.25, 0.3) is 0 Å². The smallest absolute Gasteiger partial charge is 0.168 e. The number of piperidine rings is 2. The molecule has 2 aromatic rings. The van der Waals surface area contributed by atoms with E-state index in [0.29, 0.717) is 31.6 Å². The summed E-state index contributed by atoms with van der Waals surface area (Å²) in [7, 11) is 0. The first-order chi connectivity index (χ1) is 15.5. The van der Waals surface area contributed by atoms with Crippen LogP contribution in [0.5, 0.6) is 0 Å². The summed E-state index contributed by atoms with van der Waals surface area (Å²) in [5.74, 6) is -2.46. The summed E-state index contributed by atoms with van der Waals surface area (Å²) < 4.78 is 42.1. The van der Waals surface area contributed by atoms with E-state index < -0.39 is 17.5 Å². The Morgan fingerprint density at radius 1 is 0.906 bits per heavy atom. The standard InChI is InChI=1S/C24H26F3N3O2/c25-17-1-3-19(21(26)13-17)23(29-32)15-7-11-30(12-8-15)18-2-4-20(22(27)14-18)24(31)16-5-9-28-10-6-16/h1-4,13-16,28,32H,5-12H2/b29-23-. The monoisotopic (exact) mass is 445 g/mol. The molecule has 2 aromatic carbocycles. The first-order valence-electron chi connectivity index (χ1n) is 10.9. The average molecular weight is 445 g/mol. The Labute approximate surface area is 184 Å². The molecule has 8 heteroatoms. The van der Waals surface area contributed by atoms with Gasteiger partial charge in [0.25, 0.3) is 0 Å². The molecule has 2 N–H and O–H groups in total. The summed E-state index contributed by atoms with van der Waals surface area (Å²) in [6.45, 7) is 2.64. The van der Waals surface area contributed by atoms with Gasteiger partial charge in [-0.05, 0) is 69.1 Å². The van der Waals surface area contributed by atoms with Crippen molar-refractivity contribution in [1.29, 1.82) is 0 Å². The third-order valence-corrected chi connectivity index (χ3v) is 6.49.